The van der Waals surface area contributed by atoms with Gasteiger partial charge in [0, 0.05) is 6.20 Å². The van der Waals surface area contributed by atoms with Gasteiger partial charge in [-0.25, -0.2) is 9.37 Å². The third-order valence-electron chi connectivity index (χ3n) is 2.78. The summed E-state index contributed by atoms with van der Waals surface area (Å²) < 4.78 is 15.4. The number of nitrogen functional groups attached to an aromatic ring is 1. The Kier molecular flexibility index (Phi) is 2.88. The summed E-state index contributed by atoms with van der Waals surface area (Å²) in [6.07, 6.45) is 1.89. The average molecular weight is 233 g/mol. The zero-order valence-electron chi connectivity index (χ0n) is 10.3. The van der Waals surface area contributed by atoms with Gasteiger partial charge in [-0.05, 0) is 37.5 Å². The molecule has 1 aromatic carbocycles. The predicted octanol–water partition coefficient (Wildman–Crippen LogP) is 2.58. The molecule has 0 aliphatic rings. The molecule has 0 saturated heterocycles. The highest BCUT2D eigenvalue weighted by molar-refractivity contribution is 5.32. The van der Waals surface area contributed by atoms with Gasteiger partial charge >= 0.3 is 0 Å². The third kappa shape index (κ3) is 2.30. The van der Waals surface area contributed by atoms with Crippen LogP contribution in [0.15, 0.2) is 18.3 Å². The van der Waals surface area contributed by atoms with E-state index in [9.17, 15) is 4.39 Å². The van der Waals surface area contributed by atoms with E-state index in [4.69, 9.17) is 5.73 Å². The Labute approximate surface area is 100 Å². The highest BCUT2D eigenvalue weighted by Gasteiger charge is 2.07. The first-order valence-corrected chi connectivity index (χ1v) is 5.52. The number of aromatic nitrogens is 2. The monoisotopic (exact) mass is 233 g/mol. The van der Waals surface area contributed by atoms with Gasteiger partial charge in [-0.1, -0.05) is 12.1 Å². The summed E-state index contributed by atoms with van der Waals surface area (Å²) >= 11 is 0. The molecule has 17 heavy (non-hydrogen) atoms. The summed E-state index contributed by atoms with van der Waals surface area (Å²) in [5, 5.41) is 0. The molecule has 3 nitrogen and oxygen atoms in total. The fourth-order valence-electron chi connectivity index (χ4n) is 2.02. The Hall–Kier alpha value is -1.84. The van der Waals surface area contributed by atoms with Crippen molar-refractivity contribution < 1.29 is 4.39 Å². The molecule has 0 aliphatic heterocycles. The van der Waals surface area contributed by atoms with E-state index in [1.54, 1.807) is 13.8 Å². The van der Waals surface area contributed by atoms with Gasteiger partial charge < -0.3 is 10.3 Å². The minimum atomic E-state index is -0.136. The van der Waals surface area contributed by atoms with E-state index in [0.717, 1.165) is 11.3 Å². The van der Waals surface area contributed by atoms with Crippen molar-refractivity contribution >= 4 is 5.95 Å². The zero-order valence-corrected chi connectivity index (χ0v) is 10.3. The number of benzene rings is 1. The summed E-state index contributed by atoms with van der Waals surface area (Å²) in [6.45, 7) is 6.06. The fourth-order valence-corrected chi connectivity index (χ4v) is 2.02. The molecule has 2 aromatic rings. The molecule has 0 spiro atoms. The van der Waals surface area contributed by atoms with E-state index in [1.165, 1.54) is 0 Å². The van der Waals surface area contributed by atoms with Crippen LogP contribution in [-0.2, 0) is 6.54 Å². The lowest BCUT2D eigenvalue weighted by Gasteiger charge is -2.08. The van der Waals surface area contributed by atoms with E-state index in [0.29, 0.717) is 23.6 Å². The van der Waals surface area contributed by atoms with Crippen LogP contribution in [-0.4, -0.2) is 9.55 Å². The maximum absolute atomic E-state index is 13.5. The van der Waals surface area contributed by atoms with Crippen molar-refractivity contribution in [3.8, 4) is 0 Å². The molecule has 0 unspecified atom stereocenters. The maximum Gasteiger partial charge on any atom is 0.200 e. The lowest BCUT2D eigenvalue weighted by atomic mass is 10.1. The van der Waals surface area contributed by atoms with Gasteiger partial charge in [0.1, 0.15) is 5.82 Å². The van der Waals surface area contributed by atoms with Gasteiger partial charge in [0.25, 0.3) is 0 Å². The van der Waals surface area contributed by atoms with Gasteiger partial charge in [-0.2, -0.15) is 0 Å². The first-order chi connectivity index (χ1) is 7.97. The standard InChI is InChI=1S/C13H16FN3/c1-8-4-11(5-9(2)12(8)14)7-17-6-10(3)16-13(17)15/h4-6H,7H2,1-3H3,(H2,15,16). The number of aryl methyl sites for hydroxylation is 3. The number of nitrogens with zero attached hydrogens (tertiary/aromatic N) is 2. The Morgan fingerprint density at radius 2 is 1.82 bits per heavy atom. The first-order valence-electron chi connectivity index (χ1n) is 5.52. The minimum Gasteiger partial charge on any atom is -0.369 e. The number of halogens is 1. The molecule has 0 radical (unpaired) electrons. The number of hydrogen-bond acceptors (Lipinski definition) is 2. The molecule has 1 heterocycles. The van der Waals surface area contributed by atoms with Gasteiger partial charge in [-0.15, -0.1) is 0 Å². The lowest BCUT2D eigenvalue weighted by molar-refractivity contribution is 0.607. The number of nitrogens with two attached hydrogens (primary N) is 1. The average Bonchev–Trinajstić information content (AvgIpc) is 2.54. The normalized spacial score (nSPS) is 10.8. The number of hydrogen-bond donors (Lipinski definition) is 1. The molecule has 2 N–H and O–H groups in total. The highest BCUT2D eigenvalue weighted by Crippen LogP contribution is 2.17. The van der Waals surface area contributed by atoms with Crippen molar-refractivity contribution in [3.63, 3.8) is 0 Å². The van der Waals surface area contributed by atoms with Gasteiger partial charge in [-0.3, -0.25) is 0 Å². The Morgan fingerprint density at radius 1 is 1.24 bits per heavy atom. The SMILES string of the molecule is Cc1cn(Cc2cc(C)c(F)c(C)c2)c(N)n1. The summed E-state index contributed by atoms with van der Waals surface area (Å²) in [6, 6.07) is 3.69. The minimum absolute atomic E-state index is 0.136. The van der Waals surface area contributed by atoms with E-state index in [2.05, 4.69) is 4.98 Å². The van der Waals surface area contributed by atoms with E-state index in [1.807, 2.05) is 29.8 Å². The molecule has 2 rings (SSSR count). The topological polar surface area (TPSA) is 43.8 Å². The van der Waals surface area contributed by atoms with Crippen LogP contribution in [0.1, 0.15) is 22.4 Å². The number of imidazole rings is 1. The second-order valence-electron chi connectivity index (χ2n) is 4.41. The molecular weight excluding hydrogens is 217 g/mol. The largest absolute Gasteiger partial charge is 0.369 e. The summed E-state index contributed by atoms with van der Waals surface area (Å²) in [5.41, 5.74) is 9.02. The van der Waals surface area contributed by atoms with Gasteiger partial charge in [0.15, 0.2) is 0 Å². The highest BCUT2D eigenvalue weighted by atomic mass is 19.1. The molecule has 0 fully saturated rings. The zero-order chi connectivity index (χ0) is 12.6. The van der Waals surface area contributed by atoms with Crippen LogP contribution in [0.4, 0.5) is 10.3 Å². The Bertz CT molecular complexity index is 535. The van der Waals surface area contributed by atoms with E-state index < -0.39 is 0 Å². The van der Waals surface area contributed by atoms with Crippen LogP contribution >= 0.6 is 0 Å². The number of anilines is 1. The molecule has 0 amide bonds. The maximum atomic E-state index is 13.5. The second kappa shape index (κ2) is 4.20. The quantitative estimate of drug-likeness (QED) is 0.866. The molecule has 4 heteroatoms. The van der Waals surface area contributed by atoms with Crippen molar-refractivity contribution in [3.05, 3.63) is 46.5 Å². The predicted molar refractivity (Wildman–Crippen MR) is 66.4 cm³/mol. The summed E-state index contributed by atoms with van der Waals surface area (Å²) in [5.74, 6) is 0.352. The van der Waals surface area contributed by atoms with E-state index in [-0.39, 0.29) is 5.82 Å². The smallest absolute Gasteiger partial charge is 0.200 e. The van der Waals surface area contributed by atoms with Crippen LogP contribution < -0.4 is 5.73 Å². The van der Waals surface area contributed by atoms with Crippen LogP contribution in [0.5, 0.6) is 0 Å². The lowest BCUT2D eigenvalue weighted by Crippen LogP contribution is -2.04. The van der Waals surface area contributed by atoms with Crippen LogP contribution in [0, 0.1) is 26.6 Å². The third-order valence-corrected chi connectivity index (χ3v) is 2.78. The molecule has 0 aliphatic carbocycles. The Morgan fingerprint density at radius 3 is 2.29 bits per heavy atom. The van der Waals surface area contributed by atoms with Crippen molar-refractivity contribution in [2.45, 2.75) is 27.3 Å². The summed E-state index contributed by atoms with van der Waals surface area (Å²) in [4.78, 5) is 4.14. The van der Waals surface area contributed by atoms with Crippen molar-refractivity contribution in [2.24, 2.45) is 0 Å². The van der Waals surface area contributed by atoms with Gasteiger partial charge in [0.2, 0.25) is 5.95 Å². The van der Waals surface area contributed by atoms with Crippen molar-refractivity contribution in [1.82, 2.24) is 9.55 Å². The number of rotatable bonds is 2. The van der Waals surface area contributed by atoms with Crippen molar-refractivity contribution in [1.29, 1.82) is 0 Å². The molecule has 90 valence electrons. The second-order valence-corrected chi connectivity index (χ2v) is 4.41. The van der Waals surface area contributed by atoms with Crippen molar-refractivity contribution in [2.75, 3.05) is 5.73 Å². The van der Waals surface area contributed by atoms with Gasteiger partial charge in [0.05, 0.1) is 12.2 Å². The molecule has 0 atom stereocenters. The van der Waals surface area contributed by atoms with Crippen LogP contribution in [0.2, 0.25) is 0 Å². The van der Waals surface area contributed by atoms with E-state index >= 15 is 0 Å². The van der Waals surface area contributed by atoms with Crippen LogP contribution in [0.3, 0.4) is 0 Å². The molecule has 0 saturated carbocycles. The molecular formula is C13H16FN3. The summed E-state index contributed by atoms with van der Waals surface area (Å²) in [7, 11) is 0. The molecule has 0 bridgehead atoms. The first kappa shape index (κ1) is 11.6. The molecule has 1 aromatic heterocycles. The van der Waals surface area contributed by atoms with Crippen LogP contribution in [0.25, 0.3) is 0 Å². The Balaban J connectivity index is 2.33. The fraction of sp³-hybridized carbons (Fsp3) is 0.308.